The quantitative estimate of drug-likeness (QED) is 0.532. The van der Waals surface area contributed by atoms with Crippen molar-refractivity contribution >= 4 is 23.2 Å². The van der Waals surface area contributed by atoms with Crippen LogP contribution in [0, 0.1) is 0 Å². The maximum absolute atomic E-state index is 12.9. The molecule has 4 rings (SSSR count). The number of nitrogens with one attached hydrogen (secondary N) is 1. The smallest absolute Gasteiger partial charge is 0.270 e. The van der Waals surface area contributed by atoms with Crippen LogP contribution in [0.25, 0.3) is 0 Å². The Balaban J connectivity index is 1.20. The zero-order valence-corrected chi connectivity index (χ0v) is 21.5. The molecule has 0 unspecified atom stereocenters. The van der Waals surface area contributed by atoms with Crippen molar-refractivity contribution in [2.75, 3.05) is 52.5 Å². The molecule has 2 amide bonds. The van der Waals surface area contributed by atoms with Gasteiger partial charge in [-0.15, -0.1) is 11.3 Å². The number of likely N-dealkylation sites (tertiary alicyclic amines) is 1. The Hall–Kier alpha value is -2.49. The molecular formula is C26H36N4O4S. The van der Waals surface area contributed by atoms with Gasteiger partial charge in [0.2, 0.25) is 0 Å². The highest BCUT2D eigenvalue weighted by molar-refractivity contribution is 7.09. The molecule has 0 saturated carbocycles. The summed E-state index contributed by atoms with van der Waals surface area (Å²) in [4.78, 5) is 34.3. The van der Waals surface area contributed by atoms with Crippen molar-refractivity contribution in [3.05, 3.63) is 45.9 Å². The Labute approximate surface area is 211 Å². The first-order valence-electron chi connectivity index (χ1n) is 12.6. The number of benzene rings is 1. The first-order valence-corrected chi connectivity index (χ1v) is 13.5. The Bertz CT molecular complexity index is 964. The van der Waals surface area contributed by atoms with Gasteiger partial charge in [-0.1, -0.05) is 0 Å². The van der Waals surface area contributed by atoms with E-state index in [4.69, 9.17) is 9.47 Å². The Kier molecular flexibility index (Phi) is 9.12. The van der Waals surface area contributed by atoms with Crippen LogP contribution in [0.1, 0.15) is 64.9 Å². The number of amides is 2. The van der Waals surface area contributed by atoms with Crippen LogP contribution in [0.15, 0.2) is 29.6 Å². The third-order valence-corrected chi connectivity index (χ3v) is 7.41. The average Bonchev–Trinajstić information content (AvgIpc) is 3.38. The predicted octanol–water partition coefficient (Wildman–Crippen LogP) is 3.40. The van der Waals surface area contributed by atoms with Crippen molar-refractivity contribution < 1.29 is 19.1 Å². The molecule has 9 heteroatoms. The topological polar surface area (TPSA) is 84.0 Å². The summed E-state index contributed by atoms with van der Waals surface area (Å²) >= 11 is 1.55. The van der Waals surface area contributed by atoms with Crippen molar-refractivity contribution in [1.29, 1.82) is 0 Å². The molecule has 8 nitrogen and oxygen atoms in total. The van der Waals surface area contributed by atoms with Crippen molar-refractivity contribution in [3.63, 3.8) is 0 Å². The standard InChI is InChI=1S/C26H36N4O4S/c1-19(2)34-22-6-4-21(5-7-22)26(32)30-12-8-20(9-13-30)25-28-23(18-35-25)24(31)27-10-3-11-29-14-16-33-17-15-29/h4-7,18-20H,3,8-17H2,1-2H3,(H,27,31). The van der Waals surface area contributed by atoms with Gasteiger partial charge < -0.3 is 19.7 Å². The van der Waals surface area contributed by atoms with E-state index in [2.05, 4.69) is 15.2 Å². The molecular weight excluding hydrogens is 464 g/mol. The Morgan fingerprint density at radius 3 is 2.54 bits per heavy atom. The highest BCUT2D eigenvalue weighted by atomic mass is 32.1. The summed E-state index contributed by atoms with van der Waals surface area (Å²) < 4.78 is 11.0. The number of carbonyl (C=O) groups excluding carboxylic acids is 2. The summed E-state index contributed by atoms with van der Waals surface area (Å²) in [7, 11) is 0. The molecule has 1 aromatic carbocycles. The number of ether oxygens (including phenoxy) is 2. The molecule has 2 aliphatic rings. The second-order valence-corrected chi connectivity index (χ2v) is 10.3. The summed E-state index contributed by atoms with van der Waals surface area (Å²) in [5, 5.41) is 5.84. The number of morpholine rings is 1. The molecule has 0 atom stereocenters. The van der Waals surface area contributed by atoms with Gasteiger partial charge in [0.25, 0.3) is 11.8 Å². The molecule has 3 heterocycles. The van der Waals surface area contributed by atoms with Gasteiger partial charge in [0.05, 0.1) is 24.3 Å². The van der Waals surface area contributed by atoms with Gasteiger partial charge in [-0.25, -0.2) is 4.98 Å². The second-order valence-electron chi connectivity index (χ2n) is 9.39. The first kappa shape index (κ1) is 25.6. The number of nitrogens with zero attached hydrogens (tertiary/aromatic N) is 3. The lowest BCUT2D eigenvalue weighted by molar-refractivity contribution is 0.0374. The summed E-state index contributed by atoms with van der Waals surface area (Å²) in [6.07, 6.45) is 2.74. The Morgan fingerprint density at radius 1 is 1.14 bits per heavy atom. The van der Waals surface area contributed by atoms with Gasteiger partial charge in [-0.2, -0.15) is 0 Å². The predicted molar refractivity (Wildman–Crippen MR) is 136 cm³/mol. The first-order chi connectivity index (χ1) is 17.0. The average molecular weight is 501 g/mol. The van der Waals surface area contributed by atoms with Crippen LogP contribution in [0.3, 0.4) is 0 Å². The number of hydrogen-bond acceptors (Lipinski definition) is 7. The van der Waals surface area contributed by atoms with Gasteiger partial charge in [0.1, 0.15) is 11.4 Å². The molecule has 2 saturated heterocycles. The van der Waals surface area contributed by atoms with Crippen LogP contribution in [-0.2, 0) is 4.74 Å². The van der Waals surface area contributed by atoms with E-state index in [9.17, 15) is 9.59 Å². The molecule has 0 spiro atoms. The molecule has 2 fully saturated rings. The fourth-order valence-electron chi connectivity index (χ4n) is 4.46. The third kappa shape index (κ3) is 7.25. The lowest BCUT2D eigenvalue weighted by atomic mass is 9.97. The zero-order valence-electron chi connectivity index (χ0n) is 20.7. The van der Waals surface area contributed by atoms with Gasteiger partial charge in [0.15, 0.2) is 0 Å². The van der Waals surface area contributed by atoms with Crippen LogP contribution in [0.2, 0.25) is 0 Å². The molecule has 2 aromatic rings. The van der Waals surface area contributed by atoms with E-state index in [-0.39, 0.29) is 23.8 Å². The van der Waals surface area contributed by atoms with E-state index in [1.807, 2.05) is 48.4 Å². The van der Waals surface area contributed by atoms with Crippen molar-refractivity contribution in [3.8, 4) is 5.75 Å². The summed E-state index contributed by atoms with van der Waals surface area (Å²) in [6.45, 7) is 10.5. The summed E-state index contributed by atoms with van der Waals surface area (Å²) in [5.74, 6) is 1.01. The summed E-state index contributed by atoms with van der Waals surface area (Å²) in [6, 6.07) is 7.37. The molecule has 0 bridgehead atoms. The Morgan fingerprint density at radius 2 is 1.86 bits per heavy atom. The fourth-order valence-corrected chi connectivity index (χ4v) is 5.43. The minimum absolute atomic E-state index is 0.0517. The van der Waals surface area contributed by atoms with E-state index in [0.717, 1.165) is 62.9 Å². The highest BCUT2D eigenvalue weighted by Crippen LogP contribution is 2.31. The van der Waals surface area contributed by atoms with Crippen LogP contribution in [-0.4, -0.2) is 85.2 Å². The van der Waals surface area contributed by atoms with Gasteiger partial charge in [-0.3, -0.25) is 14.5 Å². The third-order valence-electron chi connectivity index (χ3n) is 6.40. The SMILES string of the molecule is CC(C)Oc1ccc(C(=O)N2CCC(c3nc(C(=O)NCCCN4CCOCC4)cs3)CC2)cc1. The van der Waals surface area contributed by atoms with Crippen molar-refractivity contribution in [1.82, 2.24) is 20.1 Å². The molecule has 2 aliphatic heterocycles. The monoisotopic (exact) mass is 500 g/mol. The number of piperidine rings is 1. The van der Waals surface area contributed by atoms with Crippen LogP contribution in [0.5, 0.6) is 5.75 Å². The summed E-state index contributed by atoms with van der Waals surface area (Å²) in [5.41, 5.74) is 1.18. The van der Waals surface area contributed by atoms with Gasteiger partial charge >= 0.3 is 0 Å². The van der Waals surface area contributed by atoms with E-state index < -0.39 is 0 Å². The second kappa shape index (κ2) is 12.5. The molecule has 1 aromatic heterocycles. The lowest BCUT2D eigenvalue weighted by Crippen LogP contribution is -2.38. The highest BCUT2D eigenvalue weighted by Gasteiger charge is 2.27. The largest absolute Gasteiger partial charge is 0.491 e. The van der Waals surface area contributed by atoms with Gasteiger partial charge in [0, 0.05) is 49.6 Å². The molecule has 35 heavy (non-hydrogen) atoms. The van der Waals surface area contributed by atoms with E-state index >= 15 is 0 Å². The van der Waals surface area contributed by atoms with E-state index in [0.29, 0.717) is 30.9 Å². The molecule has 1 N–H and O–H groups in total. The van der Waals surface area contributed by atoms with Crippen LogP contribution < -0.4 is 10.1 Å². The molecule has 0 aliphatic carbocycles. The lowest BCUT2D eigenvalue weighted by Gasteiger charge is -2.31. The van der Waals surface area contributed by atoms with Crippen molar-refractivity contribution in [2.45, 2.75) is 45.1 Å². The minimum Gasteiger partial charge on any atom is -0.491 e. The number of carbonyl (C=O) groups is 2. The van der Waals surface area contributed by atoms with Crippen LogP contribution >= 0.6 is 11.3 Å². The minimum atomic E-state index is -0.105. The van der Waals surface area contributed by atoms with E-state index in [1.165, 1.54) is 0 Å². The zero-order chi connectivity index (χ0) is 24.6. The number of rotatable bonds is 9. The van der Waals surface area contributed by atoms with Crippen LogP contribution in [0.4, 0.5) is 0 Å². The molecule has 0 radical (unpaired) electrons. The maximum atomic E-state index is 12.9. The van der Waals surface area contributed by atoms with E-state index in [1.54, 1.807) is 11.3 Å². The maximum Gasteiger partial charge on any atom is 0.270 e. The molecule has 190 valence electrons. The number of thiazole rings is 1. The number of hydrogen-bond donors (Lipinski definition) is 1. The van der Waals surface area contributed by atoms with Crippen molar-refractivity contribution in [2.24, 2.45) is 0 Å². The normalized spacial score (nSPS) is 17.5. The number of aromatic nitrogens is 1. The van der Waals surface area contributed by atoms with Gasteiger partial charge in [-0.05, 0) is 63.9 Å². The fraction of sp³-hybridized carbons (Fsp3) is 0.577.